The molecule has 1 N–H and O–H groups in total. The van der Waals surface area contributed by atoms with Gasteiger partial charge in [0.2, 0.25) is 0 Å². The summed E-state index contributed by atoms with van der Waals surface area (Å²) in [5, 5.41) is 3.92. The fraction of sp³-hybridized carbons (Fsp3) is 0.571. The van der Waals surface area contributed by atoms with Crippen LogP contribution in [0.25, 0.3) is 0 Å². The third kappa shape index (κ3) is 3.77. The largest absolute Gasteiger partial charge is 0.314 e. The molecule has 20 heavy (non-hydrogen) atoms. The van der Waals surface area contributed by atoms with Crippen LogP contribution in [0.1, 0.15) is 24.4 Å². The molecule has 114 valence electrons. The predicted molar refractivity (Wildman–Crippen MR) is 85.8 cm³/mol. The van der Waals surface area contributed by atoms with E-state index in [2.05, 4.69) is 10.2 Å². The summed E-state index contributed by atoms with van der Waals surface area (Å²) >= 11 is 6.23. The maximum absolute atomic E-state index is 14.1. The van der Waals surface area contributed by atoms with Crippen molar-refractivity contribution in [2.45, 2.75) is 18.9 Å². The van der Waals surface area contributed by atoms with Crippen LogP contribution in [0.15, 0.2) is 18.2 Å². The van der Waals surface area contributed by atoms with Gasteiger partial charge in [0.1, 0.15) is 5.82 Å². The van der Waals surface area contributed by atoms with Crippen molar-refractivity contribution < 1.29 is 4.39 Å². The third-order valence-electron chi connectivity index (χ3n) is 3.91. The van der Waals surface area contributed by atoms with Crippen molar-refractivity contribution >= 4 is 36.4 Å². The topological polar surface area (TPSA) is 15.3 Å². The van der Waals surface area contributed by atoms with Gasteiger partial charge in [-0.2, -0.15) is 0 Å². The molecule has 0 radical (unpaired) electrons. The molecule has 3 rings (SSSR count). The molecule has 1 saturated heterocycles. The summed E-state index contributed by atoms with van der Waals surface area (Å²) in [6, 6.07) is 5.18. The van der Waals surface area contributed by atoms with Crippen LogP contribution in [-0.2, 0) is 0 Å². The fourth-order valence-corrected chi connectivity index (χ4v) is 3.16. The van der Waals surface area contributed by atoms with Crippen LogP contribution in [0.2, 0.25) is 5.02 Å². The SMILES string of the molecule is Cl.Cl.Fc1cccc(Cl)c1[C@H](C1CC1)N1CCNCC1. The molecule has 0 spiro atoms. The molecule has 1 saturated carbocycles. The van der Waals surface area contributed by atoms with Crippen molar-refractivity contribution in [1.29, 1.82) is 0 Å². The lowest BCUT2D eigenvalue weighted by atomic mass is 9.99. The van der Waals surface area contributed by atoms with Crippen molar-refractivity contribution in [3.63, 3.8) is 0 Å². The number of nitrogens with zero attached hydrogens (tertiary/aromatic N) is 1. The summed E-state index contributed by atoms with van der Waals surface area (Å²) in [5.74, 6) is 0.426. The lowest BCUT2D eigenvalue weighted by Gasteiger charge is -2.36. The molecule has 2 aliphatic rings. The molecule has 0 bridgehead atoms. The van der Waals surface area contributed by atoms with Crippen molar-refractivity contribution in [1.82, 2.24) is 10.2 Å². The highest BCUT2D eigenvalue weighted by atomic mass is 35.5. The first-order chi connectivity index (χ1) is 8.77. The number of nitrogens with one attached hydrogen (secondary N) is 1. The first kappa shape index (κ1) is 18.0. The van der Waals surface area contributed by atoms with Gasteiger partial charge in [-0.25, -0.2) is 4.39 Å². The van der Waals surface area contributed by atoms with Crippen LogP contribution < -0.4 is 5.32 Å². The van der Waals surface area contributed by atoms with E-state index in [1.54, 1.807) is 12.1 Å². The highest BCUT2D eigenvalue weighted by molar-refractivity contribution is 6.31. The van der Waals surface area contributed by atoms with Crippen LogP contribution >= 0.6 is 36.4 Å². The standard InChI is InChI=1S/C14H18ClFN2.2ClH/c15-11-2-1-3-12(16)13(11)14(10-4-5-10)18-8-6-17-7-9-18;;/h1-3,10,14,17H,4-9H2;2*1H/t14-;;/m0../s1. The van der Waals surface area contributed by atoms with E-state index < -0.39 is 0 Å². The minimum atomic E-state index is -0.155. The van der Waals surface area contributed by atoms with E-state index in [4.69, 9.17) is 11.6 Å². The molecule has 1 aliphatic heterocycles. The Morgan fingerprint density at radius 1 is 1.20 bits per heavy atom. The van der Waals surface area contributed by atoms with E-state index in [9.17, 15) is 4.39 Å². The van der Waals surface area contributed by atoms with Gasteiger partial charge in [-0.3, -0.25) is 4.90 Å². The number of hydrogen-bond donors (Lipinski definition) is 1. The molecule has 0 aromatic heterocycles. The Balaban J connectivity index is 0.000001000. The van der Waals surface area contributed by atoms with E-state index in [-0.39, 0.29) is 36.7 Å². The van der Waals surface area contributed by atoms with Crippen molar-refractivity contribution in [3.05, 3.63) is 34.6 Å². The second-order valence-electron chi connectivity index (χ2n) is 5.20. The third-order valence-corrected chi connectivity index (χ3v) is 4.24. The van der Waals surface area contributed by atoms with E-state index in [1.165, 1.54) is 18.9 Å². The van der Waals surface area contributed by atoms with Crippen molar-refractivity contribution in [2.24, 2.45) is 5.92 Å². The van der Waals surface area contributed by atoms with Crippen LogP contribution in [0.5, 0.6) is 0 Å². The van der Waals surface area contributed by atoms with Gasteiger partial charge in [0, 0.05) is 42.8 Å². The first-order valence-electron chi connectivity index (χ1n) is 6.66. The summed E-state index contributed by atoms with van der Waals surface area (Å²) in [4.78, 5) is 2.39. The Hall–Kier alpha value is -0.0600. The summed E-state index contributed by atoms with van der Waals surface area (Å²) in [5.41, 5.74) is 0.712. The predicted octanol–water partition coefficient (Wildman–Crippen LogP) is 3.68. The fourth-order valence-electron chi connectivity index (χ4n) is 2.88. The Morgan fingerprint density at radius 3 is 2.40 bits per heavy atom. The highest BCUT2D eigenvalue weighted by Gasteiger charge is 2.39. The summed E-state index contributed by atoms with van der Waals surface area (Å²) < 4.78 is 14.1. The van der Waals surface area contributed by atoms with Gasteiger partial charge in [0.15, 0.2) is 0 Å². The lowest BCUT2D eigenvalue weighted by molar-refractivity contribution is 0.153. The van der Waals surface area contributed by atoms with Gasteiger partial charge in [-0.05, 0) is 30.9 Å². The average Bonchev–Trinajstić information content (AvgIpc) is 3.19. The second-order valence-corrected chi connectivity index (χ2v) is 5.61. The number of hydrogen-bond acceptors (Lipinski definition) is 2. The quantitative estimate of drug-likeness (QED) is 0.902. The second kappa shape index (κ2) is 7.81. The van der Waals surface area contributed by atoms with Crippen LogP contribution in [0.3, 0.4) is 0 Å². The van der Waals surface area contributed by atoms with Gasteiger partial charge >= 0.3 is 0 Å². The van der Waals surface area contributed by atoms with Crippen molar-refractivity contribution in [3.8, 4) is 0 Å². The average molecular weight is 342 g/mol. The Labute approximate surface area is 136 Å². The molecule has 2 fully saturated rings. The van der Waals surface area contributed by atoms with Gasteiger partial charge in [-0.1, -0.05) is 17.7 Å². The Bertz CT molecular complexity index is 414. The number of halogens is 4. The highest BCUT2D eigenvalue weighted by Crippen LogP contribution is 2.47. The molecule has 1 heterocycles. The molecule has 0 amide bonds. The smallest absolute Gasteiger partial charge is 0.129 e. The molecular weight excluding hydrogens is 322 g/mol. The maximum atomic E-state index is 14.1. The van der Waals surface area contributed by atoms with Crippen LogP contribution in [0, 0.1) is 11.7 Å². The summed E-state index contributed by atoms with van der Waals surface area (Å²) in [6.07, 6.45) is 2.39. The molecule has 1 aromatic rings. The minimum absolute atomic E-state index is 0. The number of piperazine rings is 1. The van der Waals surface area contributed by atoms with E-state index in [0.29, 0.717) is 16.5 Å². The van der Waals surface area contributed by atoms with Crippen LogP contribution in [0.4, 0.5) is 4.39 Å². The van der Waals surface area contributed by atoms with Crippen LogP contribution in [-0.4, -0.2) is 31.1 Å². The number of rotatable bonds is 3. The number of benzene rings is 1. The lowest BCUT2D eigenvalue weighted by Crippen LogP contribution is -2.46. The zero-order valence-electron chi connectivity index (χ0n) is 11.1. The summed E-state index contributed by atoms with van der Waals surface area (Å²) in [6.45, 7) is 3.92. The first-order valence-corrected chi connectivity index (χ1v) is 7.04. The van der Waals surface area contributed by atoms with Gasteiger partial charge < -0.3 is 5.32 Å². The van der Waals surface area contributed by atoms with Crippen molar-refractivity contribution in [2.75, 3.05) is 26.2 Å². The van der Waals surface area contributed by atoms with Gasteiger partial charge in [0.25, 0.3) is 0 Å². The van der Waals surface area contributed by atoms with Gasteiger partial charge in [0.05, 0.1) is 0 Å². The molecule has 1 aliphatic carbocycles. The Kier molecular flexibility index (Phi) is 7.02. The zero-order chi connectivity index (χ0) is 12.5. The molecule has 0 unspecified atom stereocenters. The van der Waals surface area contributed by atoms with Gasteiger partial charge in [-0.15, -0.1) is 24.8 Å². The van der Waals surface area contributed by atoms with E-state index >= 15 is 0 Å². The maximum Gasteiger partial charge on any atom is 0.129 e. The molecular formula is C14H20Cl3FN2. The Morgan fingerprint density at radius 2 is 1.85 bits per heavy atom. The minimum Gasteiger partial charge on any atom is -0.314 e. The van der Waals surface area contributed by atoms with E-state index in [0.717, 1.165) is 26.2 Å². The molecule has 2 nitrogen and oxygen atoms in total. The van der Waals surface area contributed by atoms with E-state index in [1.807, 2.05) is 0 Å². The zero-order valence-corrected chi connectivity index (χ0v) is 13.5. The normalized spacial score (nSPS) is 20.7. The molecule has 1 atom stereocenters. The summed E-state index contributed by atoms with van der Waals surface area (Å²) in [7, 11) is 0. The monoisotopic (exact) mass is 340 g/mol. The molecule has 6 heteroatoms. The molecule has 1 aromatic carbocycles.